The van der Waals surface area contributed by atoms with Crippen LogP contribution in [0.4, 0.5) is 4.79 Å². The zero-order valence-corrected chi connectivity index (χ0v) is 25.4. The number of aliphatic hydroxyl groups is 1. The van der Waals surface area contributed by atoms with E-state index in [2.05, 4.69) is 29.2 Å². The molecule has 1 saturated heterocycles. The molecule has 2 unspecified atom stereocenters. The molecule has 0 aromatic rings. The zero-order valence-electron chi connectivity index (χ0n) is 25.4. The van der Waals surface area contributed by atoms with Crippen molar-refractivity contribution in [1.82, 2.24) is 10.2 Å². The first-order chi connectivity index (χ1) is 18.9. The normalized spacial score (nSPS) is 25.7. The Hall–Kier alpha value is -2.53. The van der Waals surface area contributed by atoms with Crippen LogP contribution in [0.5, 0.6) is 0 Å². The predicted octanol–water partition coefficient (Wildman–Crippen LogP) is 4.67. The van der Waals surface area contributed by atoms with E-state index in [1.54, 1.807) is 25.9 Å². The van der Waals surface area contributed by atoms with Gasteiger partial charge in [-0.1, -0.05) is 25.9 Å². The first-order valence-electron chi connectivity index (χ1n) is 14.4. The molecule has 0 aromatic heterocycles. The number of unbranched alkanes of at least 4 members (excludes halogenated alkanes) is 1. The second-order valence-corrected chi connectivity index (χ2v) is 11.5. The van der Waals surface area contributed by atoms with Crippen molar-refractivity contribution >= 4 is 12.1 Å². The van der Waals surface area contributed by atoms with Gasteiger partial charge in [0.05, 0.1) is 23.3 Å². The van der Waals surface area contributed by atoms with Crippen molar-refractivity contribution in [2.75, 3.05) is 26.7 Å². The van der Waals surface area contributed by atoms with Gasteiger partial charge in [-0.05, 0) is 70.9 Å². The van der Waals surface area contributed by atoms with E-state index in [4.69, 9.17) is 24.5 Å². The average molecular weight is 568 g/mol. The average Bonchev–Trinajstić information content (AvgIpc) is 3.24. The van der Waals surface area contributed by atoms with Crippen molar-refractivity contribution in [1.29, 1.82) is 0 Å². The smallest absolute Gasteiger partial charge is 0.410 e. The molecular formula is C28H49N5O7. The molecule has 2 rings (SSSR count). The molecule has 12 heteroatoms. The molecule has 0 saturated carbocycles. The number of hydrogen-bond donors (Lipinski definition) is 2. The molecular weight excluding hydrogens is 518 g/mol. The summed E-state index contributed by atoms with van der Waals surface area (Å²) in [6, 6.07) is -0.469. The van der Waals surface area contributed by atoms with Gasteiger partial charge >= 0.3 is 12.1 Å². The maximum atomic E-state index is 12.7. The van der Waals surface area contributed by atoms with Gasteiger partial charge < -0.3 is 29.4 Å². The Bertz CT molecular complexity index is 940. The standard InChI is InChI=1S/C28H49N5O7/c1-9-22(34)25-23(33(27(36)40-25)13-11-10-12-31-32-29)20(5)30-16-17(2)14-28(7,37-8)15-18(3)24-19(4)26(35)39-21(6)38-24/h17-18,20-23,25,30,34H,9-16H2,1-8H3/t17?,18-,20-,21-,22-,23-,25-,28?/m1/s1. The third-order valence-electron chi connectivity index (χ3n) is 7.94. The van der Waals surface area contributed by atoms with Crippen LogP contribution in [0.1, 0.15) is 80.6 Å². The summed E-state index contributed by atoms with van der Waals surface area (Å²) in [5.74, 6) is 0.481. The Labute approximate surface area is 238 Å². The van der Waals surface area contributed by atoms with Crippen molar-refractivity contribution in [3.8, 4) is 0 Å². The van der Waals surface area contributed by atoms with Crippen LogP contribution in [0.25, 0.3) is 10.4 Å². The van der Waals surface area contributed by atoms with Crippen molar-refractivity contribution < 1.29 is 33.6 Å². The summed E-state index contributed by atoms with van der Waals surface area (Å²) in [6.45, 7) is 15.1. The van der Waals surface area contributed by atoms with Crippen molar-refractivity contribution in [3.63, 3.8) is 0 Å². The minimum absolute atomic E-state index is 0.0373. The number of hydrogen-bond acceptors (Lipinski definition) is 9. The Balaban J connectivity index is 2.02. The van der Waals surface area contributed by atoms with Crippen LogP contribution in [0.2, 0.25) is 0 Å². The van der Waals surface area contributed by atoms with E-state index >= 15 is 0 Å². The quantitative estimate of drug-likeness (QED) is 0.0845. The van der Waals surface area contributed by atoms with Crippen LogP contribution >= 0.6 is 0 Å². The number of cyclic esters (lactones) is 2. The molecule has 2 N–H and O–H groups in total. The van der Waals surface area contributed by atoms with E-state index in [1.165, 1.54) is 0 Å². The van der Waals surface area contributed by atoms with Gasteiger partial charge in [-0.3, -0.25) is 4.90 Å². The largest absolute Gasteiger partial charge is 0.459 e. The minimum atomic E-state index is -0.762. The molecule has 0 spiro atoms. The number of carbonyl (C=O) groups is 2. The topological polar surface area (TPSA) is 155 Å². The van der Waals surface area contributed by atoms with Gasteiger partial charge in [0, 0.05) is 44.0 Å². The van der Waals surface area contributed by atoms with Gasteiger partial charge in [-0.2, -0.15) is 0 Å². The molecule has 0 aliphatic carbocycles. The van der Waals surface area contributed by atoms with Crippen LogP contribution in [0.3, 0.4) is 0 Å². The van der Waals surface area contributed by atoms with Crippen LogP contribution in [-0.2, 0) is 23.7 Å². The molecule has 0 radical (unpaired) electrons. The molecule has 12 nitrogen and oxygen atoms in total. The number of esters is 1. The monoisotopic (exact) mass is 567 g/mol. The number of carbonyl (C=O) groups excluding carboxylic acids is 2. The summed E-state index contributed by atoms with van der Waals surface area (Å²) in [6.07, 6.45) is 0.794. The van der Waals surface area contributed by atoms with Gasteiger partial charge in [0.25, 0.3) is 0 Å². The van der Waals surface area contributed by atoms with Crippen molar-refractivity contribution in [3.05, 3.63) is 21.8 Å². The second kappa shape index (κ2) is 15.5. The number of nitrogens with one attached hydrogen (secondary N) is 1. The number of nitrogens with zero attached hydrogens (tertiary/aromatic N) is 4. The zero-order chi connectivity index (χ0) is 30.0. The predicted molar refractivity (Wildman–Crippen MR) is 150 cm³/mol. The lowest BCUT2D eigenvalue weighted by molar-refractivity contribution is -0.173. The van der Waals surface area contributed by atoms with E-state index < -0.39 is 30.2 Å². The Morgan fingerprint density at radius 3 is 2.52 bits per heavy atom. The number of azide groups is 1. The maximum absolute atomic E-state index is 12.7. The molecule has 2 heterocycles. The molecule has 8 atom stereocenters. The van der Waals surface area contributed by atoms with E-state index in [0.29, 0.717) is 56.6 Å². The number of methoxy groups -OCH3 is 1. The highest BCUT2D eigenvalue weighted by Crippen LogP contribution is 2.35. The second-order valence-electron chi connectivity index (χ2n) is 11.5. The number of rotatable bonds is 17. The van der Waals surface area contributed by atoms with Crippen LogP contribution in [0.15, 0.2) is 16.4 Å². The molecule has 1 amide bonds. The third kappa shape index (κ3) is 8.99. The number of amides is 1. The fourth-order valence-corrected chi connectivity index (χ4v) is 5.82. The van der Waals surface area contributed by atoms with Crippen molar-refractivity contribution in [2.24, 2.45) is 17.0 Å². The minimum Gasteiger partial charge on any atom is -0.459 e. The van der Waals surface area contributed by atoms with Crippen LogP contribution < -0.4 is 5.32 Å². The summed E-state index contributed by atoms with van der Waals surface area (Å²) in [5, 5.41) is 17.7. The Morgan fingerprint density at radius 1 is 1.20 bits per heavy atom. The third-order valence-corrected chi connectivity index (χ3v) is 7.94. The highest BCUT2D eigenvalue weighted by atomic mass is 16.7. The summed E-state index contributed by atoms with van der Waals surface area (Å²) >= 11 is 0. The first-order valence-corrected chi connectivity index (χ1v) is 14.4. The van der Waals surface area contributed by atoms with Gasteiger partial charge in [0.15, 0.2) is 6.10 Å². The molecule has 1 fully saturated rings. The lowest BCUT2D eigenvalue weighted by atomic mass is 9.83. The Morgan fingerprint density at radius 2 is 1.90 bits per heavy atom. The molecule has 228 valence electrons. The SMILES string of the molecule is CC[C@@H](O)[C@H]1OC(=O)N(CCCCN=[N+]=[N-])[C@@H]1[C@@H](C)NCC(C)CC(C)(C[C@@H](C)C1=C(C)C(=O)O[C@H](C)O1)OC. The highest BCUT2D eigenvalue weighted by molar-refractivity contribution is 5.89. The molecule has 0 bridgehead atoms. The van der Waals surface area contributed by atoms with Gasteiger partial charge in [0.1, 0.15) is 5.76 Å². The fourth-order valence-electron chi connectivity index (χ4n) is 5.82. The van der Waals surface area contributed by atoms with Gasteiger partial charge in [-0.25, -0.2) is 9.59 Å². The summed E-state index contributed by atoms with van der Waals surface area (Å²) in [4.78, 5) is 29.3. The Kier molecular flexibility index (Phi) is 13.0. The van der Waals surface area contributed by atoms with Crippen LogP contribution in [-0.4, -0.2) is 85.0 Å². The fraction of sp³-hybridized carbons (Fsp3) is 0.857. The molecule has 40 heavy (non-hydrogen) atoms. The lowest BCUT2D eigenvalue weighted by Crippen LogP contribution is -2.54. The lowest BCUT2D eigenvalue weighted by Gasteiger charge is -2.36. The summed E-state index contributed by atoms with van der Waals surface area (Å²) in [7, 11) is 1.70. The summed E-state index contributed by atoms with van der Waals surface area (Å²) < 4.78 is 22.6. The highest BCUT2D eigenvalue weighted by Gasteiger charge is 2.47. The van der Waals surface area contributed by atoms with E-state index in [9.17, 15) is 14.7 Å². The maximum Gasteiger partial charge on any atom is 0.410 e. The first kappa shape index (κ1) is 33.7. The van der Waals surface area contributed by atoms with Gasteiger partial charge in [-0.15, -0.1) is 0 Å². The van der Waals surface area contributed by atoms with Crippen LogP contribution in [0, 0.1) is 11.8 Å². The molecule has 0 aromatic carbocycles. The molecule has 2 aliphatic rings. The van der Waals surface area contributed by atoms with Gasteiger partial charge in [0.2, 0.25) is 6.29 Å². The summed E-state index contributed by atoms with van der Waals surface area (Å²) in [5.41, 5.74) is 8.52. The number of allylic oxidation sites excluding steroid dienone is 1. The van der Waals surface area contributed by atoms with Crippen molar-refractivity contribution in [2.45, 2.75) is 117 Å². The van der Waals surface area contributed by atoms with E-state index in [-0.39, 0.29) is 29.9 Å². The number of aliphatic hydroxyl groups excluding tert-OH is 1. The molecule has 2 aliphatic heterocycles. The van der Waals surface area contributed by atoms with E-state index in [1.807, 2.05) is 20.8 Å². The number of ether oxygens (including phenoxy) is 4. The van der Waals surface area contributed by atoms with E-state index in [0.717, 1.165) is 6.42 Å².